The average Bonchev–Trinajstić information content (AvgIpc) is 2.86. The third-order valence-electron chi connectivity index (χ3n) is 4.29. The summed E-state index contributed by atoms with van der Waals surface area (Å²) in [6.07, 6.45) is 3.12. The number of amides is 2. The molecule has 126 valence electrons. The molecule has 6 heteroatoms. The van der Waals surface area contributed by atoms with E-state index < -0.39 is 5.91 Å². The first kappa shape index (κ1) is 17.2. The summed E-state index contributed by atoms with van der Waals surface area (Å²) in [5.74, 6) is 0.00987. The molecule has 2 amide bonds. The molecule has 3 rings (SSSR count). The molecule has 3 N–H and O–H groups in total. The van der Waals surface area contributed by atoms with Gasteiger partial charge in [0.15, 0.2) is 0 Å². The maximum Gasteiger partial charge on any atom is 0.251 e. The molecule has 0 spiro atoms. The van der Waals surface area contributed by atoms with Gasteiger partial charge in [-0.2, -0.15) is 0 Å². The highest BCUT2D eigenvalue weighted by atomic mass is 79.9. The van der Waals surface area contributed by atoms with E-state index in [1.807, 2.05) is 24.3 Å². The molecule has 0 bridgehead atoms. The van der Waals surface area contributed by atoms with E-state index in [4.69, 9.17) is 5.73 Å². The minimum Gasteiger partial charge on any atom is -0.365 e. The standard InChI is InChI=1S/C18H19BrN2O2S/c1-10-2-7-13-14(8-10)24-18(16(13)17(20)23)21-15(22)9-11-3-5-12(19)6-4-11/h3-6,10H,2,7-9H2,1H3,(H2,20,23)(H,21,22). The van der Waals surface area contributed by atoms with Crippen LogP contribution in [0.3, 0.4) is 0 Å². The van der Waals surface area contributed by atoms with Crippen molar-refractivity contribution in [2.75, 3.05) is 5.32 Å². The molecule has 0 saturated carbocycles. The van der Waals surface area contributed by atoms with Crippen molar-refractivity contribution in [1.82, 2.24) is 0 Å². The van der Waals surface area contributed by atoms with Crippen LogP contribution in [0.4, 0.5) is 5.00 Å². The molecular weight excluding hydrogens is 388 g/mol. The van der Waals surface area contributed by atoms with E-state index in [0.717, 1.165) is 34.9 Å². The number of nitrogens with two attached hydrogens (primary N) is 1. The minimum atomic E-state index is -0.457. The molecule has 24 heavy (non-hydrogen) atoms. The van der Waals surface area contributed by atoms with Gasteiger partial charge in [0.1, 0.15) is 5.00 Å². The van der Waals surface area contributed by atoms with Gasteiger partial charge in [0, 0.05) is 9.35 Å². The second-order valence-corrected chi connectivity index (χ2v) is 8.29. The van der Waals surface area contributed by atoms with Crippen LogP contribution in [0.25, 0.3) is 0 Å². The lowest BCUT2D eigenvalue weighted by Gasteiger charge is -2.18. The first-order chi connectivity index (χ1) is 11.4. The highest BCUT2D eigenvalue weighted by molar-refractivity contribution is 9.10. The molecule has 1 aromatic carbocycles. The highest BCUT2D eigenvalue weighted by Crippen LogP contribution is 2.39. The van der Waals surface area contributed by atoms with Gasteiger partial charge in [-0.15, -0.1) is 11.3 Å². The van der Waals surface area contributed by atoms with Gasteiger partial charge in [-0.1, -0.05) is 35.0 Å². The smallest absolute Gasteiger partial charge is 0.251 e. The first-order valence-corrected chi connectivity index (χ1v) is 9.53. The summed E-state index contributed by atoms with van der Waals surface area (Å²) in [7, 11) is 0. The molecule has 0 fully saturated rings. The zero-order valence-corrected chi connectivity index (χ0v) is 15.8. The number of benzene rings is 1. The number of halogens is 1. The Balaban J connectivity index is 1.80. The zero-order valence-electron chi connectivity index (χ0n) is 13.4. The van der Waals surface area contributed by atoms with Gasteiger partial charge in [0.2, 0.25) is 5.91 Å². The van der Waals surface area contributed by atoms with Crippen LogP contribution in [0.5, 0.6) is 0 Å². The summed E-state index contributed by atoms with van der Waals surface area (Å²) in [4.78, 5) is 25.4. The quantitative estimate of drug-likeness (QED) is 0.807. The van der Waals surface area contributed by atoms with E-state index >= 15 is 0 Å². The van der Waals surface area contributed by atoms with Crippen molar-refractivity contribution in [2.24, 2.45) is 11.7 Å². The van der Waals surface area contributed by atoms with Crippen molar-refractivity contribution >= 4 is 44.1 Å². The summed E-state index contributed by atoms with van der Waals surface area (Å²) < 4.78 is 0.975. The van der Waals surface area contributed by atoms with E-state index in [0.29, 0.717) is 16.5 Å². The average molecular weight is 407 g/mol. The van der Waals surface area contributed by atoms with Crippen LogP contribution in [0.15, 0.2) is 28.7 Å². The number of hydrogen-bond acceptors (Lipinski definition) is 3. The molecule has 0 aliphatic heterocycles. The Bertz CT molecular complexity index is 783. The third-order valence-corrected chi connectivity index (χ3v) is 5.99. The monoisotopic (exact) mass is 406 g/mol. The number of nitrogens with one attached hydrogen (secondary N) is 1. The lowest BCUT2D eigenvalue weighted by atomic mass is 9.88. The topological polar surface area (TPSA) is 72.2 Å². The molecule has 1 unspecified atom stereocenters. The number of carbonyl (C=O) groups excluding carboxylic acids is 2. The van der Waals surface area contributed by atoms with Crippen molar-refractivity contribution in [3.63, 3.8) is 0 Å². The molecule has 0 radical (unpaired) electrons. The van der Waals surface area contributed by atoms with Crippen molar-refractivity contribution < 1.29 is 9.59 Å². The van der Waals surface area contributed by atoms with Gasteiger partial charge in [0.25, 0.3) is 5.91 Å². The summed E-state index contributed by atoms with van der Waals surface area (Å²) in [5.41, 5.74) is 8.03. The largest absolute Gasteiger partial charge is 0.365 e. The van der Waals surface area contributed by atoms with Crippen molar-refractivity contribution in [2.45, 2.75) is 32.6 Å². The van der Waals surface area contributed by atoms with E-state index in [1.54, 1.807) is 0 Å². The van der Waals surface area contributed by atoms with Crippen LogP contribution in [0.2, 0.25) is 0 Å². The Morgan fingerprint density at radius 2 is 2.04 bits per heavy atom. The van der Waals surface area contributed by atoms with Gasteiger partial charge < -0.3 is 11.1 Å². The number of carbonyl (C=O) groups is 2. The fourth-order valence-corrected chi connectivity index (χ4v) is 4.75. The first-order valence-electron chi connectivity index (χ1n) is 7.92. The molecule has 1 aliphatic rings. The lowest BCUT2D eigenvalue weighted by Crippen LogP contribution is -2.20. The van der Waals surface area contributed by atoms with Crippen LogP contribution in [-0.2, 0) is 24.1 Å². The molecule has 1 aromatic heterocycles. The highest BCUT2D eigenvalue weighted by Gasteiger charge is 2.27. The Kier molecular flexibility index (Phi) is 5.06. The van der Waals surface area contributed by atoms with Gasteiger partial charge in [0.05, 0.1) is 12.0 Å². The van der Waals surface area contributed by atoms with E-state index in [2.05, 4.69) is 28.2 Å². The lowest BCUT2D eigenvalue weighted by molar-refractivity contribution is -0.115. The molecule has 1 heterocycles. The number of rotatable bonds is 4. The summed E-state index contributed by atoms with van der Waals surface area (Å²) in [6.45, 7) is 2.21. The van der Waals surface area contributed by atoms with Crippen molar-refractivity contribution in [3.8, 4) is 0 Å². The fourth-order valence-electron chi connectivity index (χ4n) is 3.06. The summed E-state index contributed by atoms with van der Waals surface area (Å²) in [5, 5.41) is 3.49. The molecular formula is C18H19BrN2O2S. The van der Waals surface area contributed by atoms with Crippen LogP contribution in [0.1, 0.15) is 39.7 Å². The Morgan fingerprint density at radius 1 is 1.33 bits per heavy atom. The Morgan fingerprint density at radius 3 is 2.71 bits per heavy atom. The Labute approximate surface area is 153 Å². The van der Waals surface area contributed by atoms with E-state index in [1.165, 1.54) is 16.2 Å². The summed E-state index contributed by atoms with van der Waals surface area (Å²) in [6, 6.07) is 7.62. The molecule has 2 aromatic rings. The van der Waals surface area contributed by atoms with Gasteiger partial charge in [-0.3, -0.25) is 9.59 Å². The van der Waals surface area contributed by atoms with E-state index in [-0.39, 0.29) is 12.3 Å². The molecule has 1 atom stereocenters. The SMILES string of the molecule is CC1CCc2c(sc(NC(=O)Cc3ccc(Br)cc3)c2C(N)=O)C1. The predicted molar refractivity (Wildman–Crippen MR) is 101 cm³/mol. The normalized spacial score (nSPS) is 16.5. The van der Waals surface area contributed by atoms with Crippen LogP contribution < -0.4 is 11.1 Å². The van der Waals surface area contributed by atoms with Gasteiger partial charge in [-0.05, 0) is 48.4 Å². The zero-order chi connectivity index (χ0) is 17.3. The van der Waals surface area contributed by atoms with Crippen molar-refractivity contribution in [3.05, 3.63) is 50.3 Å². The molecule has 0 saturated heterocycles. The summed E-state index contributed by atoms with van der Waals surface area (Å²) >= 11 is 4.87. The van der Waals surface area contributed by atoms with Crippen LogP contribution >= 0.6 is 27.3 Å². The maximum absolute atomic E-state index is 12.4. The van der Waals surface area contributed by atoms with Crippen LogP contribution in [-0.4, -0.2) is 11.8 Å². The van der Waals surface area contributed by atoms with Gasteiger partial charge in [-0.25, -0.2) is 0 Å². The number of thiophene rings is 1. The maximum atomic E-state index is 12.4. The molecule has 4 nitrogen and oxygen atoms in total. The van der Waals surface area contributed by atoms with Gasteiger partial charge >= 0.3 is 0 Å². The number of primary amides is 1. The Hall–Kier alpha value is -1.66. The fraction of sp³-hybridized carbons (Fsp3) is 0.333. The van der Waals surface area contributed by atoms with Crippen LogP contribution in [0, 0.1) is 5.92 Å². The second-order valence-electron chi connectivity index (χ2n) is 6.27. The number of fused-ring (bicyclic) bond motifs is 1. The van der Waals surface area contributed by atoms with E-state index in [9.17, 15) is 9.59 Å². The minimum absolute atomic E-state index is 0.133. The second kappa shape index (κ2) is 7.07. The van der Waals surface area contributed by atoms with Crippen molar-refractivity contribution in [1.29, 1.82) is 0 Å². The predicted octanol–water partition coefficient (Wildman–Crippen LogP) is 3.92. The molecule has 1 aliphatic carbocycles. The number of anilines is 1. The number of hydrogen-bond donors (Lipinski definition) is 2. The third kappa shape index (κ3) is 3.70.